The molecule has 0 spiro atoms. The minimum Gasteiger partial charge on any atom is -0.497 e. The van der Waals surface area contributed by atoms with Gasteiger partial charge in [0.05, 0.1) is 13.2 Å². The fraction of sp³-hybridized carbons (Fsp3) is 0.333. The molecule has 0 radical (unpaired) electrons. The molecule has 0 amide bonds. The third kappa shape index (κ3) is 1.19. The van der Waals surface area contributed by atoms with E-state index in [0.29, 0.717) is 0 Å². The van der Waals surface area contributed by atoms with Crippen LogP contribution in [-0.2, 0) is 4.18 Å². The Morgan fingerprint density at radius 3 is 3.08 bits per heavy atom. The smallest absolute Gasteiger partial charge is 0.119 e. The van der Waals surface area contributed by atoms with Crippen molar-refractivity contribution in [1.82, 2.24) is 0 Å². The van der Waals surface area contributed by atoms with Crippen molar-refractivity contribution in [1.29, 1.82) is 0 Å². The van der Waals surface area contributed by atoms with Gasteiger partial charge < -0.3 is 8.92 Å². The Kier molecular flexibility index (Phi) is 1.98. The molecule has 0 N–H and O–H groups in total. The molecule has 2 rings (SSSR count). The third-order valence-corrected chi connectivity index (χ3v) is 2.87. The van der Waals surface area contributed by atoms with Crippen molar-refractivity contribution in [3.05, 3.63) is 23.8 Å². The molecule has 1 atom stereocenters. The summed E-state index contributed by atoms with van der Waals surface area (Å²) in [4.78, 5) is 1.20. The molecule has 0 saturated carbocycles. The predicted octanol–water partition coefficient (Wildman–Crippen LogP) is 2.79. The second-order valence-corrected chi connectivity index (χ2v) is 3.52. The van der Waals surface area contributed by atoms with Gasteiger partial charge in [-0.2, -0.15) is 0 Å². The number of rotatable bonds is 1. The van der Waals surface area contributed by atoms with Crippen LogP contribution < -0.4 is 4.74 Å². The Bertz CT molecular complexity index is 299. The van der Waals surface area contributed by atoms with Gasteiger partial charge in [-0.05, 0) is 25.1 Å². The largest absolute Gasteiger partial charge is 0.497 e. The van der Waals surface area contributed by atoms with Crippen LogP contribution in [0.5, 0.6) is 5.75 Å². The van der Waals surface area contributed by atoms with Gasteiger partial charge >= 0.3 is 0 Å². The summed E-state index contributed by atoms with van der Waals surface area (Å²) >= 11 is 1.44. The van der Waals surface area contributed by atoms with Gasteiger partial charge in [0.2, 0.25) is 0 Å². The highest BCUT2D eigenvalue weighted by Gasteiger charge is 2.20. The quantitative estimate of drug-likeness (QED) is 0.622. The Morgan fingerprint density at radius 1 is 1.50 bits per heavy atom. The fourth-order valence-electron chi connectivity index (χ4n) is 1.22. The lowest BCUT2D eigenvalue weighted by atomic mass is 10.1. The van der Waals surface area contributed by atoms with Crippen LogP contribution in [0.15, 0.2) is 23.1 Å². The molecule has 1 unspecified atom stereocenters. The molecule has 1 aromatic rings. The van der Waals surface area contributed by atoms with E-state index in [4.69, 9.17) is 8.92 Å². The van der Waals surface area contributed by atoms with Crippen LogP contribution in [-0.4, -0.2) is 7.11 Å². The van der Waals surface area contributed by atoms with Crippen molar-refractivity contribution in [3.63, 3.8) is 0 Å². The van der Waals surface area contributed by atoms with E-state index in [9.17, 15) is 0 Å². The van der Waals surface area contributed by atoms with Crippen molar-refractivity contribution in [2.45, 2.75) is 17.9 Å². The topological polar surface area (TPSA) is 18.5 Å². The zero-order valence-corrected chi connectivity index (χ0v) is 7.85. The Hall–Kier alpha value is -0.670. The maximum absolute atomic E-state index is 5.38. The highest BCUT2D eigenvalue weighted by Crippen LogP contribution is 2.42. The van der Waals surface area contributed by atoms with Crippen molar-refractivity contribution in [3.8, 4) is 5.75 Å². The van der Waals surface area contributed by atoms with Gasteiger partial charge in [-0.3, -0.25) is 0 Å². The van der Waals surface area contributed by atoms with E-state index < -0.39 is 0 Å². The molecule has 0 aliphatic carbocycles. The van der Waals surface area contributed by atoms with E-state index in [1.54, 1.807) is 7.11 Å². The molecule has 1 aliphatic heterocycles. The molecule has 0 fully saturated rings. The third-order valence-electron chi connectivity index (χ3n) is 1.94. The first kappa shape index (κ1) is 7.95. The Morgan fingerprint density at radius 2 is 2.33 bits per heavy atom. The lowest BCUT2D eigenvalue weighted by molar-refractivity contribution is 0.285. The standard InChI is InChI=1S/C9H10O2S/c1-6-8-5-7(10-2)3-4-9(8)12-11-6/h3-6H,1-2H3. The number of ether oxygens (including phenoxy) is 1. The van der Waals surface area contributed by atoms with Crippen molar-refractivity contribution in [2.24, 2.45) is 0 Å². The van der Waals surface area contributed by atoms with Gasteiger partial charge in [-0.25, -0.2) is 0 Å². The SMILES string of the molecule is COc1ccc2c(c1)C(C)OS2. The minimum absolute atomic E-state index is 0.181. The van der Waals surface area contributed by atoms with Gasteiger partial charge in [0, 0.05) is 22.5 Å². The van der Waals surface area contributed by atoms with Gasteiger partial charge in [0.1, 0.15) is 5.75 Å². The molecular weight excluding hydrogens is 172 g/mol. The lowest BCUT2D eigenvalue weighted by Crippen LogP contribution is -1.89. The van der Waals surface area contributed by atoms with E-state index in [-0.39, 0.29) is 6.10 Å². The average molecular weight is 182 g/mol. The molecule has 0 saturated heterocycles. The first-order chi connectivity index (χ1) is 5.81. The van der Waals surface area contributed by atoms with Crippen LogP contribution in [0.25, 0.3) is 0 Å². The molecule has 1 aliphatic rings. The van der Waals surface area contributed by atoms with Crippen LogP contribution in [0.4, 0.5) is 0 Å². The summed E-state index contributed by atoms with van der Waals surface area (Å²) in [6.07, 6.45) is 0.181. The summed E-state index contributed by atoms with van der Waals surface area (Å²) in [5.74, 6) is 0.895. The number of hydrogen-bond acceptors (Lipinski definition) is 3. The Balaban J connectivity index is 2.43. The van der Waals surface area contributed by atoms with E-state index >= 15 is 0 Å². The summed E-state index contributed by atoms with van der Waals surface area (Å²) in [5.41, 5.74) is 1.22. The number of benzene rings is 1. The number of hydrogen-bond donors (Lipinski definition) is 0. The zero-order chi connectivity index (χ0) is 8.55. The Labute approximate surface area is 76.1 Å². The predicted molar refractivity (Wildman–Crippen MR) is 48.4 cm³/mol. The minimum atomic E-state index is 0.181. The molecule has 0 bridgehead atoms. The maximum Gasteiger partial charge on any atom is 0.119 e. The molecular formula is C9H10O2S. The van der Waals surface area contributed by atoms with Crippen LogP contribution >= 0.6 is 12.0 Å². The monoisotopic (exact) mass is 182 g/mol. The normalized spacial score (nSPS) is 20.7. The van der Waals surface area contributed by atoms with E-state index in [2.05, 4.69) is 0 Å². The van der Waals surface area contributed by atoms with Crippen molar-refractivity contribution < 1.29 is 8.92 Å². The zero-order valence-electron chi connectivity index (χ0n) is 7.03. The summed E-state index contributed by atoms with van der Waals surface area (Å²) in [6.45, 7) is 2.04. The highest BCUT2D eigenvalue weighted by atomic mass is 32.2. The summed E-state index contributed by atoms with van der Waals surface area (Å²) < 4.78 is 10.5. The number of fused-ring (bicyclic) bond motifs is 1. The second-order valence-electron chi connectivity index (χ2n) is 2.73. The molecule has 1 heterocycles. The van der Waals surface area contributed by atoms with Gasteiger partial charge in [-0.1, -0.05) is 0 Å². The number of methoxy groups -OCH3 is 1. The van der Waals surface area contributed by atoms with Crippen LogP contribution in [0.1, 0.15) is 18.6 Å². The summed E-state index contributed by atoms with van der Waals surface area (Å²) in [7, 11) is 1.68. The van der Waals surface area contributed by atoms with Gasteiger partial charge in [0.15, 0.2) is 0 Å². The molecule has 64 valence electrons. The van der Waals surface area contributed by atoms with Gasteiger partial charge in [0.25, 0.3) is 0 Å². The van der Waals surface area contributed by atoms with E-state index in [1.165, 1.54) is 22.5 Å². The average Bonchev–Trinajstić information content (AvgIpc) is 2.47. The van der Waals surface area contributed by atoms with Crippen LogP contribution in [0.3, 0.4) is 0 Å². The molecule has 12 heavy (non-hydrogen) atoms. The van der Waals surface area contributed by atoms with Crippen LogP contribution in [0.2, 0.25) is 0 Å². The van der Waals surface area contributed by atoms with Gasteiger partial charge in [-0.15, -0.1) is 0 Å². The molecule has 1 aromatic carbocycles. The summed E-state index contributed by atoms with van der Waals surface area (Å²) in [6, 6.07) is 6.01. The first-order valence-corrected chi connectivity index (χ1v) is 4.56. The summed E-state index contributed by atoms with van der Waals surface area (Å²) in [5, 5.41) is 0. The molecule has 3 heteroatoms. The second kappa shape index (κ2) is 2.99. The lowest BCUT2D eigenvalue weighted by Gasteiger charge is -2.03. The van der Waals surface area contributed by atoms with E-state index in [1.807, 2.05) is 25.1 Å². The van der Waals surface area contributed by atoms with Crippen molar-refractivity contribution >= 4 is 12.0 Å². The molecule has 0 aromatic heterocycles. The van der Waals surface area contributed by atoms with E-state index in [0.717, 1.165) is 5.75 Å². The highest BCUT2D eigenvalue weighted by molar-refractivity contribution is 7.95. The molecule has 2 nitrogen and oxygen atoms in total. The van der Waals surface area contributed by atoms with Crippen molar-refractivity contribution in [2.75, 3.05) is 7.11 Å². The fourth-order valence-corrected chi connectivity index (χ4v) is 2.02. The van der Waals surface area contributed by atoms with Crippen LogP contribution in [0, 0.1) is 0 Å². The first-order valence-electron chi connectivity index (χ1n) is 3.82. The maximum atomic E-state index is 5.38.